The van der Waals surface area contributed by atoms with E-state index in [1.807, 2.05) is 5.32 Å². The van der Waals surface area contributed by atoms with Crippen LogP contribution in [-0.4, -0.2) is 41.0 Å². The number of aliphatic carboxylic acids is 1. The number of alkyl halides is 2. The van der Waals surface area contributed by atoms with Crippen molar-refractivity contribution in [3.8, 4) is 5.88 Å². The van der Waals surface area contributed by atoms with Crippen molar-refractivity contribution in [2.24, 2.45) is 0 Å². The van der Waals surface area contributed by atoms with Crippen molar-refractivity contribution in [2.75, 3.05) is 6.61 Å². The molecule has 0 aliphatic rings. The van der Waals surface area contributed by atoms with Crippen LogP contribution in [0.25, 0.3) is 0 Å². The smallest absolute Gasteiger partial charge is 0.326 e. The molecular formula is C12H13ClF2N2O4. The molecular weight excluding hydrogens is 310 g/mol. The van der Waals surface area contributed by atoms with Gasteiger partial charge in [0, 0.05) is 12.6 Å². The summed E-state index contributed by atoms with van der Waals surface area (Å²) in [5.41, 5.74) is -0.0519. The van der Waals surface area contributed by atoms with Crippen LogP contribution < -0.4 is 10.1 Å². The van der Waals surface area contributed by atoms with Gasteiger partial charge < -0.3 is 15.2 Å². The van der Waals surface area contributed by atoms with E-state index in [4.69, 9.17) is 21.4 Å². The van der Waals surface area contributed by atoms with E-state index in [1.165, 1.54) is 6.07 Å². The molecule has 0 fully saturated rings. The molecule has 1 aromatic heterocycles. The molecule has 0 aromatic carbocycles. The molecule has 1 heterocycles. The SMILES string of the molecule is CCOc1ncc(C(=O)NC(CC(F)F)C(=O)O)cc1Cl. The molecule has 2 N–H and O–H groups in total. The van der Waals surface area contributed by atoms with Crippen LogP contribution in [0.4, 0.5) is 8.78 Å². The minimum absolute atomic E-state index is 0.0519. The van der Waals surface area contributed by atoms with E-state index in [0.29, 0.717) is 6.61 Å². The average molecular weight is 323 g/mol. The lowest BCUT2D eigenvalue weighted by atomic mass is 10.2. The molecule has 0 saturated carbocycles. The highest BCUT2D eigenvalue weighted by molar-refractivity contribution is 6.32. The monoisotopic (exact) mass is 322 g/mol. The van der Waals surface area contributed by atoms with Gasteiger partial charge in [-0.3, -0.25) is 4.79 Å². The summed E-state index contributed by atoms with van der Waals surface area (Å²) in [6, 6.07) is -0.473. The predicted octanol–water partition coefficient (Wildman–Crippen LogP) is 1.97. The molecule has 0 saturated heterocycles. The fourth-order valence-corrected chi connectivity index (χ4v) is 1.65. The van der Waals surface area contributed by atoms with Gasteiger partial charge in [-0.25, -0.2) is 18.6 Å². The predicted molar refractivity (Wildman–Crippen MR) is 69.9 cm³/mol. The molecule has 0 aliphatic carbocycles. The Morgan fingerprint density at radius 2 is 2.19 bits per heavy atom. The Morgan fingerprint density at radius 3 is 2.67 bits per heavy atom. The lowest BCUT2D eigenvalue weighted by molar-refractivity contribution is -0.140. The maximum Gasteiger partial charge on any atom is 0.326 e. The van der Waals surface area contributed by atoms with Gasteiger partial charge in [-0.2, -0.15) is 0 Å². The standard InChI is InChI=1S/C12H13ClF2N2O4/c1-2-21-11-7(13)3-6(5-16-11)10(18)17-8(12(19)20)4-9(14)15/h3,5,8-9H,2,4H2,1H3,(H,17,18)(H,19,20). The molecule has 1 atom stereocenters. The number of amides is 1. The van der Waals surface area contributed by atoms with Crippen LogP contribution >= 0.6 is 11.6 Å². The van der Waals surface area contributed by atoms with E-state index in [9.17, 15) is 18.4 Å². The molecule has 6 nitrogen and oxygen atoms in total. The Bertz CT molecular complexity index is 528. The van der Waals surface area contributed by atoms with Gasteiger partial charge in [-0.1, -0.05) is 11.6 Å². The van der Waals surface area contributed by atoms with Gasteiger partial charge >= 0.3 is 5.97 Å². The first kappa shape index (κ1) is 17.1. The van der Waals surface area contributed by atoms with Gasteiger partial charge in [-0.05, 0) is 13.0 Å². The number of carbonyl (C=O) groups is 2. The van der Waals surface area contributed by atoms with Gasteiger partial charge in [0.1, 0.15) is 11.1 Å². The molecule has 0 spiro atoms. The summed E-state index contributed by atoms with van der Waals surface area (Å²) in [6.45, 7) is 2.05. The first-order chi connectivity index (χ1) is 9.85. The number of ether oxygens (including phenoxy) is 1. The molecule has 9 heteroatoms. The van der Waals surface area contributed by atoms with Crippen LogP contribution in [0.15, 0.2) is 12.3 Å². The third kappa shape index (κ3) is 5.14. The van der Waals surface area contributed by atoms with E-state index in [2.05, 4.69) is 4.98 Å². The molecule has 1 aromatic rings. The van der Waals surface area contributed by atoms with Gasteiger partial charge in [0.2, 0.25) is 12.3 Å². The number of rotatable bonds is 7. The van der Waals surface area contributed by atoms with Crippen LogP contribution in [-0.2, 0) is 4.79 Å². The number of nitrogens with zero attached hydrogens (tertiary/aromatic N) is 1. The van der Waals surface area contributed by atoms with Crippen LogP contribution in [0.3, 0.4) is 0 Å². The highest BCUT2D eigenvalue weighted by atomic mass is 35.5. The number of carboxylic acid groups (broad SMARTS) is 1. The highest BCUT2D eigenvalue weighted by Crippen LogP contribution is 2.22. The number of carbonyl (C=O) groups excluding carboxylic acids is 1. The first-order valence-electron chi connectivity index (χ1n) is 5.95. The number of carboxylic acids is 1. The fourth-order valence-electron chi connectivity index (χ4n) is 1.43. The van der Waals surface area contributed by atoms with Gasteiger partial charge in [0.05, 0.1) is 12.2 Å². The number of nitrogens with one attached hydrogen (secondary N) is 1. The van der Waals surface area contributed by atoms with Crippen LogP contribution in [0, 0.1) is 0 Å². The summed E-state index contributed by atoms with van der Waals surface area (Å²) in [7, 11) is 0. The average Bonchev–Trinajstić information content (AvgIpc) is 2.39. The van der Waals surface area contributed by atoms with Crippen molar-refractivity contribution in [3.63, 3.8) is 0 Å². The zero-order valence-electron chi connectivity index (χ0n) is 11.0. The van der Waals surface area contributed by atoms with Crippen LogP contribution in [0.5, 0.6) is 5.88 Å². The lowest BCUT2D eigenvalue weighted by Gasteiger charge is -2.14. The Morgan fingerprint density at radius 1 is 1.52 bits per heavy atom. The fraction of sp³-hybridized carbons (Fsp3) is 0.417. The minimum Gasteiger partial charge on any atom is -0.480 e. The number of aromatic nitrogens is 1. The third-order valence-corrected chi connectivity index (χ3v) is 2.64. The summed E-state index contributed by atoms with van der Waals surface area (Å²) < 4.78 is 29.5. The number of hydrogen-bond donors (Lipinski definition) is 2. The molecule has 21 heavy (non-hydrogen) atoms. The Labute approximate surface area is 124 Å². The van der Waals surface area contributed by atoms with Crippen molar-refractivity contribution < 1.29 is 28.2 Å². The maximum absolute atomic E-state index is 12.2. The molecule has 0 radical (unpaired) electrons. The number of hydrogen-bond acceptors (Lipinski definition) is 4. The van der Waals surface area contributed by atoms with Crippen molar-refractivity contribution in [1.82, 2.24) is 10.3 Å². The molecule has 0 bridgehead atoms. The van der Waals surface area contributed by atoms with E-state index < -0.39 is 30.8 Å². The molecule has 0 aliphatic heterocycles. The summed E-state index contributed by atoms with van der Waals surface area (Å²) in [5, 5.41) is 10.8. The first-order valence-corrected chi connectivity index (χ1v) is 6.33. The number of pyridine rings is 1. The van der Waals surface area contributed by atoms with Gasteiger partial charge in [0.25, 0.3) is 5.91 Å². The van der Waals surface area contributed by atoms with E-state index in [-0.39, 0.29) is 16.5 Å². The normalized spacial score (nSPS) is 12.0. The zero-order valence-corrected chi connectivity index (χ0v) is 11.7. The molecule has 1 amide bonds. The molecule has 116 valence electrons. The zero-order chi connectivity index (χ0) is 16.0. The summed E-state index contributed by atoms with van der Waals surface area (Å²) in [6.07, 6.45) is -2.72. The summed E-state index contributed by atoms with van der Waals surface area (Å²) in [5.74, 6) is -2.28. The Hall–Kier alpha value is -1.96. The minimum atomic E-state index is -2.85. The maximum atomic E-state index is 12.2. The van der Waals surface area contributed by atoms with Crippen molar-refractivity contribution >= 4 is 23.5 Å². The van der Waals surface area contributed by atoms with Crippen LogP contribution in [0.2, 0.25) is 5.02 Å². The topological polar surface area (TPSA) is 88.5 Å². The van der Waals surface area contributed by atoms with E-state index in [0.717, 1.165) is 6.20 Å². The second kappa shape index (κ2) is 7.72. The highest BCUT2D eigenvalue weighted by Gasteiger charge is 2.25. The lowest BCUT2D eigenvalue weighted by Crippen LogP contribution is -2.42. The van der Waals surface area contributed by atoms with Crippen molar-refractivity contribution in [1.29, 1.82) is 0 Å². The van der Waals surface area contributed by atoms with Gasteiger partial charge in [-0.15, -0.1) is 0 Å². The number of halogens is 3. The second-order valence-corrected chi connectivity index (χ2v) is 4.34. The van der Waals surface area contributed by atoms with Crippen molar-refractivity contribution in [3.05, 3.63) is 22.8 Å². The van der Waals surface area contributed by atoms with Crippen molar-refractivity contribution in [2.45, 2.75) is 25.8 Å². The second-order valence-electron chi connectivity index (χ2n) is 3.94. The van der Waals surface area contributed by atoms with Gasteiger partial charge in [0.15, 0.2) is 0 Å². The van der Waals surface area contributed by atoms with E-state index >= 15 is 0 Å². The van der Waals surface area contributed by atoms with Crippen LogP contribution in [0.1, 0.15) is 23.7 Å². The Kier molecular flexibility index (Phi) is 6.29. The summed E-state index contributed by atoms with van der Waals surface area (Å²) in [4.78, 5) is 26.4. The quantitative estimate of drug-likeness (QED) is 0.801. The van der Waals surface area contributed by atoms with E-state index in [1.54, 1.807) is 6.92 Å². The largest absolute Gasteiger partial charge is 0.480 e. The summed E-state index contributed by atoms with van der Waals surface area (Å²) >= 11 is 5.83. The molecule has 1 rings (SSSR count). The molecule has 1 unspecified atom stereocenters. The third-order valence-electron chi connectivity index (χ3n) is 2.37. The Balaban J connectivity index is 2.83.